The number of hydrogen-bond acceptors (Lipinski definition) is 4. The number of ether oxygens (including phenoxy) is 1. The van der Waals surface area contributed by atoms with Crippen molar-refractivity contribution in [3.8, 4) is 0 Å². The number of rotatable bonds is 1. The van der Waals surface area contributed by atoms with Crippen LogP contribution < -0.4 is 5.32 Å². The molecule has 1 saturated heterocycles. The van der Waals surface area contributed by atoms with E-state index >= 15 is 0 Å². The van der Waals surface area contributed by atoms with Crippen molar-refractivity contribution < 1.29 is 9.53 Å². The Morgan fingerprint density at radius 2 is 1.86 bits per heavy atom. The first-order valence-corrected chi connectivity index (χ1v) is 7.05. The van der Waals surface area contributed by atoms with Crippen LogP contribution in [0.2, 0.25) is 0 Å². The van der Waals surface area contributed by atoms with Gasteiger partial charge in [0.25, 0.3) is 0 Å². The summed E-state index contributed by atoms with van der Waals surface area (Å²) in [6.07, 6.45) is -0.317. The SMILES string of the molecule is CC(C)(C)NC(=O)OC1(C)CSSC1. The Bertz CT molecular complexity index is 219. The zero-order chi connectivity index (χ0) is 10.8. The molecule has 1 aliphatic heterocycles. The normalized spacial score (nSPS) is 20.6. The van der Waals surface area contributed by atoms with Crippen molar-refractivity contribution in [2.45, 2.75) is 38.8 Å². The highest BCUT2D eigenvalue weighted by atomic mass is 33.1. The van der Waals surface area contributed by atoms with Crippen LogP contribution in [0, 0.1) is 0 Å². The molecule has 1 amide bonds. The van der Waals surface area contributed by atoms with E-state index in [9.17, 15) is 4.79 Å². The third-order valence-electron chi connectivity index (χ3n) is 1.63. The highest BCUT2D eigenvalue weighted by Gasteiger charge is 2.34. The maximum Gasteiger partial charge on any atom is 0.408 e. The van der Waals surface area contributed by atoms with Gasteiger partial charge in [-0.3, -0.25) is 0 Å². The molecule has 0 aliphatic carbocycles. The summed E-state index contributed by atoms with van der Waals surface area (Å²) in [5.41, 5.74) is -0.531. The van der Waals surface area contributed by atoms with E-state index in [-0.39, 0.29) is 17.2 Å². The van der Waals surface area contributed by atoms with Crippen molar-refractivity contribution in [1.29, 1.82) is 0 Å². The third-order valence-corrected chi connectivity index (χ3v) is 4.46. The Kier molecular flexibility index (Phi) is 3.63. The van der Waals surface area contributed by atoms with Crippen molar-refractivity contribution in [2.75, 3.05) is 11.5 Å². The molecule has 0 spiro atoms. The number of hydrogen-bond donors (Lipinski definition) is 1. The second kappa shape index (κ2) is 4.23. The molecule has 0 aromatic rings. The van der Waals surface area contributed by atoms with E-state index in [1.807, 2.05) is 27.7 Å². The molecule has 82 valence electrons. The Balaban J connectivity index is 2.40. The van der Waals surface area contributed by atoms with E-state index in [0.29, 0.717) is 0 Å². The molecule has 1 heterocycles. The van der Waals surface area contributed by atoms with E-state index < -0.39 is 0 Å². The fraction of sp³-hybridized carbons (Fsp3) is 0.889. The number of amides is 1. The summed E-state index contributed by atoms with van der Waals surface area (Å²) in [5.74, 6) is 1.74. The predicted octanol–water partition coefficient (Wildman–Crippen LogP) is 2.66. The lowest BCUT2D eigenvalue weighted by atomic mass is 10.1. The molecular formula is C9H17NO2S2. The van der Waals surface area contributed by atoms with Crippen molar-refractivity contribution in [1.82, 2.24) is 5.32 Å². The summed E-state index contributed by atoms with van der Waals surface area (Å²) in [6.45, 7) is 7.79. The lowest BCUT2D eigenvalue weighted by molar-refractivity contribution is 0.0557. The summed E-state index contributed by atoms with van der Waals surface area (Å²) < 4.78 is 5.38. The van der Waals surface area contributed by atoms with Gasteiger partial charge in [0.1, 0.15) is 5.60 Å². The molecule has 1 rings (SSSR count). The largest absolute Gasteiger partial charge is 0.441 e. The van der Waals surface area contributed by atoms with Crippen LogP contribution in [0.3, 0.4) is 0 Å². The molecule has 1 aliphatic rings. The Labute approximate surface area is 93.1 Å². The molecule has 0 atom stereocenters. The standard InChI is InChI=1S/C9H17NO2S2/c1-8(2,3)10-7(11)12-9(4)5-13-14-6-9/h5-6H2,1-4H3,(H,10,11). The van der Waals surface area contributed by atoms with E-state index in [1.165, 1.54) is 0 Å². The fourth-order valence-corrected chi connectivity index (χ4v) is 4.10. The predicted molar refractivity (Wildman–Crippen MR) is 62.7 cm³/mol. The molecule has 5 heteroatoms. The van der Waals surface area contributed by atoms with Crippen molar-refractivity contribution in [3.63, 3.8) is 0 Å². The molecule has 0 aromatic heterocycles. The molecule has 14 heavy (non-hydrogen) atoms. The first-order valence-electron chi connectivity index (χ1n) is 4.56. The van der Waals surface area contributed by atoms with Gasteiger partial charge in [0.15, 0.2) is 0 Å². The van der Waals surface area contributed by atoms with Crippen LogP contribution in [-0.2, 0) is 4.74 Å². The molecular weight excluding hydrogens is 218 g/mol. The number of carbonyl (C=O) groups is 1. The molecule has 1 N–H and O–H groups in total. The highest BCUT2D eigenvalue weighted by molar-refractivity contribution is 8.77. The van der Waals surface area contributed by atoms with E-state index in [0.717, 1.165) is 11.5 Å². The van der Waals surface area contributed by atoms with Crippen LogP contribution in [0.25, 0.3) is 0 Å². The molecule has 0 radical (unpaired) electrons. The molecule has 0 unspecified atom stereocenters. The van der Waals surface area contributed by atoms with Crippen molar-refractivity contribution >= 4 is 27.7 Å². The number of nitrogens with one attached hydrogen (secondary N) is 1. The first kappa shape index (κ1) is 12.0. The van der Waals surface area contributed by atoms with E-state index in [1.54, 1.807) is 21.6 Å². The Morgan fingerprint density at radius 1 is 1.36 bits per heavy atom. The minimum absolute atomic E-state index is 0.230. The van der Waals surface area contributed by atoms with Crippen LogP contribution in [-0.4, -0.2) is 28.7 Å². The maximum atomic E-state index is 11.5. The molecule has 1 fully saturated rings. The smallest absolute Gasteiger partial charge is 0.408 e. The average Bonchev–Trinajstić information content (AvgIpc) is 2.30. The number of alkyl carbamates (subject to hydrolysis) is 1. The zero-order valence-corrected chi connectivity index (χ0v) is 10.7. The van der Waals surface area contributed by atoms with Crippen LogP contribution >= 0.6 is 21.6 Å². The van der Waals surface area contributed by atoms with Gasteiger partial charge in [-0.2, -0.15) is 0 Å². The van der Waals surface area contributed by atoms with Gasteiger partial charge in [-0.25, -0.2) is 4.79 Å². The van der Waals surface area contributed by atoms with Gasteiger partial charge in [-0.1, -0.05) is 21.6 Å². The lowest BCUT2D eigenvalue weighted by Gasteiger charge is -2.26. The monoisotopic (exact) mass is 235 g/mol. The first-order chi connectivity index (χ1) is 6.31. The van der Waals surface area contributed by atoms with Gasteiger partial charge in [0.2, 0.25) is 0 Å². The second-order valence-corrected chi connectivity index (χ2v) is 7.20. The van der Waals surface area contributed by atoms with Crippen molar-refractivity contribution in [2.24, 2.45) is 0 Å². The van der Waals surface area contributed by atoms with Crippen molar-refractivity contribution in [3.05, 3.63) is 0 Å². The molecule has 0 bridgehead atoms. The van der Waals surface area contributed by atoms with Gasteiger partial charge in [-0.15, -0.1) is 0 Å². The summed E-state index contributed by atoms with van der Waals surface area (Å²) in [6, 6.07) is 0. The van der Waals surface area contributed by atoms with Crippen LogP contribution in [0.15, 0.2) is 0 Å². The Hall–Kier alpha value is -0.0300. The van der Waals surface area contributed by atoms with Gasteiger partial charge < -0.3 is 10.1 Å². The minimum atomic E-state index is -0.317. The summed E-state index contributed by atoms with van der Waals surface area (Å²) in [5, 5.41) is 2.79. The topological polar surface area (TPSA) is 38.3 Å². The van der Waals surface area contributed by atoms with Gasteiger partial charge >= 0.3 is 6.09 Å². The quantitative estimate of drug-likeness (QED) is 0.709. The van der Waals surface area contributed by atoms with Gasteiger partial charge in [-0.05, 0) is 27.7 Å². The molecule has 0 aromatic carbocycles. The molecule has 3 nitrogen and oxygen atoms in total. The van der Waals surface area contributed by atoms with E-state index in [4.69, 9.17) is 4.74 Å². The van der Waals surface area contributed by atoms with Crippen LogP contribution in [0.1, 0.15) is 27.7 Å². The summed E-state index contributed by atoms with van der Waals surface area (Å²) in [7, 11) is 3.51. The van der Waals surface area contributed by atoms with Crippen LogP contribution in [0.5, 0.6) is 0 Å². The maximum absolute atomic E-state index is 11.5. The summed E-state index contributed by atoms with van der Waals surface area (Å²) >= 11 is 0. The zero-order valence-electron chi connectivity index (χ0n) is 9.05. The van der Waals surface area contributed by atoms with Gasteiger partial charge in [0.05, 0.1) is 0 Å². The average molecular weight is 235 g/mol. The molecule has 0 saturated carbocycles. The van der Waals surface area contributed by atoms with Crippen LogP contribution in [0.4, 0.5) is 4.79 Å². The minimum Gasteiger partial charge on any atom is -0.441 e. The summed E-state index contributed by atoms with van der Waals surface area (Å²) in [4.78, 5) is 11.5. The second-order valence-electron chi connectivity index (χ2n) is 4.74. The van der Waals surface area contributed by atoms with E-state index in [2.05, 4.69) is 5.32 Å². The number of carbonyl (C=O) groups excluding carboxylic acids is 1. The third kappa shape index (κ3) is 4.00. The highest BCUT2D eigenvalue weighted by Crippen LogP contribution is 2.39. The Morgan fingerprint density at radius 3 is 2.29 bits per heavy atom. The van der Waals surface area contributed by atoms with Gasteiger partial charge in [0, 0.05) is 17.0 Å². The fourth-order valence-electron chi connectivity index (χ4n) is 0.989. The lowest BCUT2D eigenvalue weighted by Crippen LogP contribution is -2.45.